The molecule has 2 heterocycles. The van der Waals surface area contributed by atoms with Gasteiger partial charge in [-0.05, 0) is 16.7 Å². The minimum Gasteiger partial charge on any atom is -0.467 e. The Balaban J connectivity index is 1.75. The zero-order valence-electron chi connectivity index (χ0n) is 17.2. The summed E-state index contributed by atoms with van der Waals surface area (Å²) in [6.07, 6.45) is 0.360. The molecule has 1 N–H and O–H groups in total. The maximum Gasteiger partial charge on any atom is 0.328 e. The van der Waals surface area contributed by atoms with Crippen molar-refractivity contribution in [2.45, 2.75) is 53.1 Å². The molecular weight excluding hydrogens is 348 g/mol. The molecule has 1 aliphatic carbocycles. The van der Waals surface area contributed by atoms with Gasteiger partial charge in [-0.25, -0.2) is 4.79 Å². The van der Waals surface area contributed by atoms with E-state index in [1.54, 1.807) is 4.90 Å². The highest BCUT2D eigenvalue weighted by molar-refractivity contribution is 5.92. The lowest BCUT2D eigenvalue weighted by molar-refractivity contribution is -0.155. The molecule has 0 aromatic carbocycles. The number of carbonyl (C=O) groups is 3. The van der Waals surface area contributed by atoms with E-state index in [9.17, 15) is 14.4 Å². The van der Waals surface area contributed by atoms with Crippen LogP contribution in [0.3, 0.4) is 0 Å². The molecule has 3 rings (SSSR count). The van der Waals surface area contributed by atoms with Crippen LogP contribution < -0.4 is 5.32 Å². The van der Waals surface area contributed by atoms with E-state index in [0.29, 0.717) is 32.1 Å². The minimum absolute atomic E-state index is 0.0420. The van der Waals surface area contributed by atoms with E-state index in [4.69, 9.17) is 9.47 Å². The molecule has 2 amide bonds. The molecule has 7 nitrogen and oxygen atoms in total. The van der Waals surface area contributed by atoms with Crippen molar-refractivity contribution in [3.05, 3.63) is 0 Å². The Morgan fingerprint density at radius 2 is 1.89 bits per heavy atom. The Morgan fingerprint density at radius 3 is 2.37 bits per heavy atom. The summed E-state index contributed by atoms with van der Waals surface area (Å²) in [6, 6.07) is -1.25. The number of fused-ring (bicyclic) bond motifs is 1. The van der Waals surface area contributed by atoms with Crippen LogP contribution >= 0.6 is 0 Å². The first-order chi connectivity index (χ1) is 12.5. The monoisotopic (exact) mass is 380 g/mol. The Morgan fingerprint density at radius 1 is 1.26 bits per heavy atom. The summed E-state index contributed by atoms with van der Waals surface area (Å²) in [4.78, 5) is 39.9. The van der Waals surface area contributed by atoms with E-state index >= 15 is 0 Å². The largest absolute Gasteiger partial charge is 0.467 e. The molecule has 0 unspecified atom stereocenters. The summed E-state index contributed by atoms with van der Waals surface area (Å²) < 4.78 is 10.1. The summed E-state index contributed by atoms with van der Waals surface area (Å²) in [5.74, 6) is -0.0582. The maximum atomic E-state index is 13.4. The van der Waals surface area contributed by atoms with Crippen molar-refractivity contribution in [2.24, 2.45) is 28.6 Å². The first kappa shape index (κ1) is 20.1. The summed E-state index contributed by atoms with van der Waals surface area (Å²) in [5.41, 5.74) is -0.424. The Kier molecular flexibility index (Phi) is 5.04. The fraction of sp³-hybridized carbons (Fsp3) is 0.850. The van der Waals surface area contributed by atoms with Crippen LogP contribution in [0.4, 0.5) is 0 Å². The molecule has 3 aliphatic rings. The normalized spacial score (nSPS) is 30.1. The third kappa shape index (κ3) is 3.58. The summed E-state index contributed by atoms with van der Waals surface area (Å²) in [7, 11) is 1.36. The lowest BCUT2D eigenvalue weighted by Gasteiger charge is -2.37. The van der Waals surface area contributed by atoms with Gasteiger partial charge in [-0.2, -0.15) is 0 Å². The van der Waals surface area contributed by atoms with Gasteiger partial charge in [0, 0.05) is 24.8 Å². The molecule has 0 aromatic rings. The zero-order valence-corrected chi connectivity index (χ0v) is 17.2. The van der Waals surface area contributed by atoms with Gasteiger partial charge in [-0.1, -0.05) is 34.6 Å². The van der Waals surface area contributed by atoms with E-state index in [1.165, 1.54) is 7.11 Å². The average Bonchev–Trinajstić information content (AvgIpc) is 2.91. The third-order valence-electron chi connectivity index (χ3n) is 6.53. The van der Waals surface area contributed by atoms with Gasteiger partial charge in [0.2, 0.25) is 11.8 Å². The molecule has 0 bridgehead atoms. The number of methoxy groups -OCH3 is 1. The van der Waals surface area contributed by atoms with Gasteiger partial charge in [0.05, 0.1) is 20.3 Å². The van der Waals surface area contributed by atoms with Gasteiger partial charge in [0.25, 0.3) is 0 Å². The number of ether oxygens (including phenoxy) is 2. The molecule has 0 aromatic heterocycles. The molecule has 27 heavy (non-hydrogen) atoms. The maximum absolute atomic E-state index is 13.4. The predicted molar refractivity (Wildman–Crippen MR) is 98.6 cm³/mol. The molecule has 0 spiro atoms. The number of rotatable bonds is 5. The van der Waals surface area contributed by atoms with Crippen LogP contribution in [0.1, 0.15) is 41.0 Å². The fourth-order valence-electron chi connectivity index (χ4n) is 4.60. The average molecular weight is 380 g/mol. The molecule has 3 fully saturated rings. The highest BCUT2D eigenvalue weighted by atomic mass is 16.5. The highest BCUT2D eigenvalue weighted by Gasteiger charge is 2.70. The van der Waals surface area contributed by atoms with E-state index < -0.39 is 17.5 Å². The van der Waals surface area contributed by atoms with Gasteiger partial charge in [-0.15, -0.1) is 0 Å². The number of hydrogen-bond acceptors (Lipinski definition) is 5. The van der Waals surface area contributed by atoms with Gasteiger partial charge in [0.1, 0.15) is 12.1 Å². The molecule has 4 atom stereocenters. The van der Waals surface area contributed by atoms with Gasteiger partial charge in [-0.3, -0.25) is 9.59 Å². The number of likely N-dealkylation sites (tertiary alicyclic amines) is 1. The van der Waals surface area contributed by atoms with Gasteiger partial charge < -0.3 is 19.7 Å². The Hall–Kier alpha value is -1.63. The van der Waals surface area contributed by atoms with Crippen LogP contribution in [0.2, 0.25) is 0 Å². The second-order valence-electron chi connectivity index (χ2n) is 9.89. The fourth-order valence-corrected chi connectivity index (χ4v) is 4.60. The van der Waals surface area contributed by atoms with Crippen molar-refractivity contribution in [2.75, 3.05) is 26.9 Å². The van der Waals surface area contributed by atoms with Crippen molar-refractivity contribution in [3.63, 3.8) is 0 Å². The molecule has 0 radical (unpaired) electrons. The standard InChI is InChI=1S/C20H32N2O5/c1-19(2,3)16(21-13(23)7-11-9-27-10-11)17(24)22-8-12-14(20(12,4)5)15(22)18(25)26-6/h11-12,14-16H,7-10H2,1-6H3,(H,21,23)/t12-,14-,15-,16+/m0/s1. The van der Waals surface area contributed by atoms with Crippen LogP contribution in [-0.2, 0) is 23.9 Å². The number of nitrogens with zero attached hydrogens (tertiary/aromatic N) is 1. The number of amides is 2. The number of esters is 1. The molecule has 1 saturated carbocycles. The first-order valence-corrected chi connectivity index (χ1v) is 9.74. The quantitative estimate of drug-likeness (QED) is 0.725. The van der Waals surface area contributed by atoms with Crippen molar-refractivity contribution >= 4 is 17.8 Å². The molecular formula is C20H32N2O5. The van der Waals surface area contributed by atoms with E-state index in [2.05, 4.69) is 19.2 Å². The number of nitrogens with one attached hydrogen (secondary N) is 1. The van der Waals surface area contributed by atoms with Crippen LogP contribution in [0, 0.1) is 28.6 Å². The molecule has 152 valence electrons. The van der Waals surface area contributed by atoms with Crippen molar-refractivity contribution in [1.82, 2.24) is 10.2 Å². The second kappa shape index (κ2) is 6.76. The molecule has 7 heteroatoms. The smallest absolute Gasteiger partial charge is 0.328 e. The number of hydrogen-bond donors (Lipinski definition) is 1. The Bertz CT molecular complexity index is 635. The van der Waals surface area contributed by atoms with Gasteiger partial charge in [0.15, 0.2) is 0 Å². The predicted octanol–water partition coefficient (Wildman–Crippen LogP) is 1.21. The lowest BCUT2D eigenvalue weighted by atomic mass is 9.85. The summed E-state index contributed by atoms with van der Waals surface area (Å²) in [5, 5.41) is 2.92. The van der Waals surface area contributed by atoms with Crippen LogP contribution in [0.5, 0.6) is 0 Å². The lowest BCUT2D eigenvalue weighted by Crippen LogP contribution is -2.58. The van der Waals surface area contributed by atoms with Crippen molar-refractivity contribution < 1.29 is 23.9 Å². The van der Waals surface area contributed by atoms with Gasteiger partial charge >= 0.3 is 5.97 Å². The van der Waals surface area contributed by atoms with Crippen molar-refractivity contribution in [1.29, 1.82) is 0 Å². The highest BCUT2D eigenvalue weighted by Crippen LogP contribution is 2.65. The first-order valence-electron chi connectivity index (χ1n) is 9.74. The summed E-state index contributed by atoms with van der Waals surface area (Å²) in [6.45, 7) is 11.8. The van der Waals surface area contributed by atoms with E-state index in [1.807, 2.05) is 20.8 Å². The summed E-state index contributed by atoms with van der Waals surface area (Å²) >= 11 is 0. The SMILES string of the molecule is COC(=O)[C@@H]1[C@@H]2[C@H](CN1C(=O)[C@@H](NC(=O)CC1COC1)C(C)(C)C)C2(C)C. The van der Waals surface area contributed by atoms with E-state index in [-0.39, 0.29) is 35.0 Å². The topological polar surface area (TPSA) is 84.9 Å². The number of piperidine rings is 1. The van der Waals surface area contributed by atoms with Crippen LogP contribution in [0.25, 0.3) is 0 Å². The third-order valence-corrected chi connectivity index (χ3v) is 6.53. The van der Waals surface area contributed by atoms with Crippen LogP contribution in [-0.4, -0.2) is 61.6 Å². The zero-order chi connectivity index (χ0) is 20.1. The Labute approximate surface area is 161 Å². The van der Waals surface area contributed by atoms with Crippen molar-refractivity contribution in [3.8, 4) is 0 Å². The second-order valence-corrected chi connectivity index (χ2v) is 9.89. The van der Waals surface area contributed by atoms with Crippen LogP contribution in [0.15, 0.2) is 0 Å². The molecule has 2 saturated heterocycles. The van der Waals surface area contributed by atoms with E-state index in [0.717, 1.165) is 0 Å². The minimum atomic E-state index is -0.682. The molecule has 2 aliphatic heterocycles. The number of carbonyl (C=O) groups excluding carboxylic acids is 3.